The third-order valence-electron chi connectivity index (χ3n) is 3.19. The van der Waals surface area contributed by atoms with Crippen LogP contribution in [0.5, 0.6) is 0 Å². The monoisotopic (exact) mass is 177 g/mol. The van der Waals surface area contributed by atoms with Crippen LogP contribution in [-0.2, 0) is 19.9 Å². The second-order valence-electron chi connectivity index (χ2n) is 4.46. The fourth-order valence-electron chi connectivity index (χ4n) is 2.44. The molecule has 1 heterocycles. The molecule has 0 spiro atoms. The second-order valence-corrected chi connectivity index (χ2v) is 4.46. The molecule has 0 saturated heterocycles. The highest BCUT2D eigenvalue weighted by Crippen LogP contribution is 2.27. The summed E-state index contributed by atoms with van der Waals surface area (Å²) in [6.45, 7) is 4.56. The van der Waals surface area contributed by atoms with Crippen molar-refractivity contribution >= 4 is 0 Å². The number of aryl methyl sites for hydroxylation is 1. The van der Waals surface area contributed by atoms with E-state index in [0.717, 1.165) is 0 Å². The van der Waals surface area contributed by atoms with Crippen LogP contribution >= 0.6 is 0 Å². The molecular formula is C12H19N. The predicted octanol–water partition coefficient (Wildman–Crippen LogP) is 3.03. The summed E-state index contributed by atoms with van der Waals surface area (Å²) < 4.78 is 2.42. The summed E-state index contributed by atoms with van der Waals surface area (Å²) in [5.41, 5.74) is 4.71. The van der Waals surface area contributed by atoms with Gasteiger partial charge in [0, 0.05) is 18.4 Å². The zero-order valence-electron chi connectivity index (χ0n) is 8.93. The van der Waals surface area contributed by atoms with Crippen LogP contribution in [0.25, 0.3) is 0 Å². The summed E-state index contributed by atoms with van der Waals surface area (Å²) in [5, 5.41) is 0. The topological polar surface area (TPSA) is 4.93 Å². The number of hydrogen-bond donors (Lipinski definition) is 0. The van der Waals surface area contributed by atoms with Crippen molar-refractivity contribution in [1.29, 1.82) is 0 Å². The predicted molar refractivity (Wildman–Crippen MR) is 56.1 cm³/mol. The van der Waals surface area contributed by atoms with Crippen LogP contribution in [0.15, 0.2) is 6.07 Å². The maximum atomic E-state index is 2.42. The zero-order valence-corrected chi connectivity index (χ0v) is 8.93. The molecule has 1 aromatic heterocycles. The minimum absolute atomic E-state index is 0.663. The van der Waals surface area contributed by atoms with Gasteiger partial charge in [0.1, 0.15) is 0 Å². The number of hydrogen-bond acceptors (Lipinski definition) is 0. The molecule has 1 aliphatic carbocycles. The van der Waals surface area contributed by atoms with E-state index in [1.165, 1.54) is 31.4 Å². The molecule has 0 bridgehead atoms. The normalized spacial score (nSPS) is 16.3. The molecule has 13 heavy (non-hydrogen) atoms. The molecular weight excluding hydrogens is 158 g/mol. The van der Waals surface area contributed by atoms with Crippen molar-refractivity contribution in [2.75, 3.05) is 0 Å². The smallest absolute Gasteiger partial charge is 0.0206 e. The fourth-order valence-corrected chi connectivity index (χ4v) is 2.44. The zero-order chi connectivity index (χ0) is 9.42. The molecule has 0 amide bonds. The summed E-state index contributed by atoms with van der Waals surface area (Å²) in [5.74, 6) is 0.663. The summed E-state index contributed by atoms with van der Waals surface area (Å²) >= 11 is 0. The molecule has 0 fully saturated rings. The van der Waals surface area contributed by atoms with Gasteiger partial charge in [0.15, 0.2) is 0 Å². The lowest BCUT2D eigenvalue weighted by atomic mass is 9.98. The van der Waals surface area contributed by atoms with Gasteiger partial charge in [-0.1, -0.05) is 13.8 Å². The molecule has 0 radical (unpaired) electrons. The maximum Gasteiger partial charge on any atom is 0.0206 e. The van der Waals surface area contributed by atoms with Gasteiger partial charge in [-0.2, -0.15) is 0 Å². The highest BCUT2D eigenvalue weighted by atomic mass is 15.0. The Balaban J connectivity index is 2.44. The Morgan fingerprint density at radius 3 is 2.54 bits per heavy atom. The standard InChI is InChI=1S/C12H19N/c1-9(2)12-8-10-6-4-5-7-11(10)13(12)3/h8-9H,4-7H2,1-3H3. The lowest BCUT2D eigenvalue weighted by Crippen LogP contribution is -2.06. The quantitative estimate of drug-likeness (QED) is 0.621. The summed E-state index contributed by atoms with van der Waals surface area (Å²) in [7, 11) is 2.22. The van der Waals surface area contributed by atoms with Crippen LogP contribution < -0.4 is 0 Å². The first kappa shape index (κ1) is 8.86. The SMILES string of the molecule is CC(C)c1cc2c(n1C)CCCC2. The Morgan fingerprint density at radius 2 is 1.92 bits per heavy atom. The molecule has 2 rings (SSSR count). The van der Waals surface area contributed by atoms with Crippen molar-refractivity contribution in [3.8, 4) is 0 Å². The molecule has 0 unspecified atom stereocenters. The third kappa shape index (κ3) is 1.41. The molecule has 0 aliphatic heterocycles. The number of nitrogens with zero attached hydrogens (tertiary/aromatic N) is 1. The Bertz CT molecular complexity index is 307. The van der Waals surface area contributed by atoms with Crippen molar-refractivity contribution in [2.24, 2.45) is 7.05 Å². The first-order chi connectivity index (χ1) is 6.20. The van der Waals surface area contributed by atoms with Gasteiger partial charge >= 0.3 is 0 Å². The van der Waals surface area contributed by atoms with E-state index in [1.807, 2.05) is 0 Å². The van der Waals surface area contributed by atoms with E-state index in [0.29, 0.717) is 5.92 Å². The van der Waals surface area contributed by atoms with Crippen LogP contribution in [-0.4, -0.2) is 4.57 Å². The highest BCUT2D eigenvalue weighted by molar-refractivity contribution is 5.31. The highest BCUT2D eigenvalue weighted by Gasteiger charge is 2.16. The fraction of sp³-hybridized carbons (Fsp3) is 0.667. The number of fused-ring (bicyclic) bond motifs is 1. The van der Waals surface area contributed by atoms with E-state index >= 15 is 0 Å². The Morgan fingerprint density at radius 1 is 1.23 bits per heavy atom. The molecule has 0 atom stereocenters. The second kappa shape index (κ2) is 3.21. The number of rotatable bonds is 1. The van der Waals surface area contributed by atoms with Crippen molar-refractivity contribution in [2.45, 2.75) is 45.4 Å². The molecule has 72 valence electrons. The largest absolute Gasteiger partial charge is 0.351 e. The Labute approximate surface area is 80.8 Å². The van der Waals surface area contributed by atoms with E-state index in [2.05, 4.69) is 31.5 Å². The van der Waals surface area contributed by atoms with Crippen LogP contribution in [0.4, 0.5) is 0 Å². The average molecular weight is 177 g/mol. The van der Waals surface area contributed by atoms with Crippen molar-refractivity contribution in [3.05, 3.63) is 23.0 Å². The summed E-state index contributed by atoms with van der Waals surface area (Å²) in [4.78, 5) is 0. The third-order valence-corrected chi connectivity index (χ3v) is 3.19. The first-order valence-electron chi connectivity index (χ1n) is 5.37. The molecule has 0 saturated carbocycles. The van der Waals surface area contributed by atoms with Gasteiger partial charge in [-0.05, 0) is 43.2 Å². The van der Waals surface area contributed by atoms with Gasteiger partial charge in [0.2, 0.25) is 0 Å². The van der Waals surface area contributed by atoms with Crippen molar-refractivity contribution in [1.82, 2.24) is 4.57 Å². The van der Waals surface area contributed by atoms with Gasteiger partial charge < -0.3 is 4.57 Å². The molecule has 1 aromatic rings. The van der Waals surface area contributed by atoms with Gasteiger partial charge in [-0.25, -0.2) is 0 Å². The van der Waals surface area contributed by atoms with E-state index < -0.39 is 0 Å². The van der Waals surface area contributed by atoms with Gasteiger partial charge in [0.25, 0.3) is 0 Å². The van der Waals surface area contributed by atoms with Crippen LogP contribution in [0.2, 0.25) is 0 Å². The first-order valence-corrected chi connectivity index (χ1v) is 5.37. The number of aromatic nitrogens is 1. The molecule has 0 N–H and O–H groups in total. The molecule has 1 heteroatoms. The van der Waals surface area contributed by atoms with Crippen LogP contribution in [0.1, 0.15) is 49.6 Å². The lowest BCUT2D eigenvalue weighted by Gasteiger charge is -2.14. The van der Waals surface area contributed by atoms with Crippen molar-refractivity contribution < 1.29 is 0 Å². The minimum Gasteiger partial charge on any atom is -0.351 e. The minimum atomic E-state index is 0.663. The van der Waals surface area contributed by atoms with Crippen molar-refractivity contribution in [3.63, 3.8) is 0 Å². The van der Waals surface area contributed by atoms with E-state index in [1.54, 1.807) is 11.3 Å². The average Bonchev–Trinajstić information content (AvgIpc) is 2.45. The molecule has 0 aromatic carbocycles. The van der Waals surface area contributed by atoms with Gasteiger partial charge in [-0.3, -0.25) is 0 Å². The van der Waals surface area contributed by atoms with Gasteiger partial charge in [0.05, 0.1) is 0 Å². The Hall–Kier alpha value is -0.720. The molecule has 1 nitrogen and oxygen atoms in total. The summed E-state index contributed by atoms with van der Waals surface area (Å²) in [6.07, 6.45) is 5.35. The van der Waals surface area contributed by atoms with E-state index in [4.69, 9.17) is 0 Å². The van der Waals surface area contributed by atoms with Gasteiger partial charge in [-0.15, -0.1) is 0 Å². The molecule has 1 aliphatic rings. The lowest BCUT2D eigenvalue weighted by molar-refractivity contribution is 0.633. The maximum absolute atomic E-state index is 2.42. The van der Waals surface area contributed by atoms with Crippen LogP contribution in [0, 0.1) is 0 Å². The van der Waals surface area contributed by atoms with Crippen LogP contribution in [0.3, 0.4) is 0 Å². The Kier molecular flexibility index (Phi) is 2.19. The van der Waals surface area contributed by atoms with E-state index in [9.17, 15) is 0 Å². The summed E-state index contributed by atoms with van der Waals surface area (Å²) in [6, 6.07) is 2.42. The van der Waals surface area contributed by atoms with E-state index in [-0.39, 0.29) is 0 Å².